The smallest absolute Gasteiger partial charge is 0.254 e. The molecule has 0 unspecified atom stereocenters. The van der Waals surface area contributed by atoms with Crippen molar-refractivity contribution in [2.24, 2.45) is 21.2 Å². The average Bonchev–Trinajstić information content (AvgIpc) is 3.40. The van der Waals surface area contributed by atoms with Crippen LogP contribution in [-0.4, -0.2) is 60.7 Å². The number of nitrogens with zero attached hydrogens (tertiary/aromatic N) is 6. The van der Waals surface area contributed by atoms with Crippen LogP contribution in [-0.2, 0) is 17.9 Å². The van der Waals surface area contributed by atoms with Crippen LogP contribution in [0, 0.1) is 0 Å². The SMILES string of the molecule is C=CCCN1CC(=O)N(Cc2ccc(C(=O)N3CC=CC3)cc2)c2ccc(/C(N)=N/N=NC)cc2C1. The summed E-state index contributed by atoms with van der Waals surface area (Å²) >= 11 is 0. The lowest BCUT2D eigenvalue weighted by molar-refractivity contribution is -0.119. The van der Waals surface area contributed by atoms with Crippen LogP contribution < -0.4 is 10.6 Å². The normalized spacial score (nSPS) is 16.5. The number of hydrogen-bond donors (Lipinski definition) is 1. The molecule has 9 heteroatoms. The summed E-state index contributed by atoms with van der Waals surface area (Å²) in [5.41, 5.74) is 10.2. The summed E-state index contributed by atoms with van der Waals surface area (Å²) in [5, 5.41) is 11.2. The Labute approximate surface area is 211 Å². The number of benzene rings is 2. The fraction of sp³-hybridized carbons (Fsp3) is 0.296. The molecule has 0 aliphatic carbocycles. The first kappa shape index (κ1) is 25.0. The third-order valence-electron chi connectivity index (χ3n) is 6.26. The zero-order valence-corrected chi connectivity index (χ0v) is 20.5. The molecule has 4 rings (SSSR count). The summed E-state index contributed by atoms with van der Waals surface area (Å²) in [6, 6.07) is 13.2. The predicted molar refractivity (Wildman–Crippen MR) is 141 cm³/mol. The molecule has 0 fully saturated rings. The van der Waals surface area contributed by atoms with E-state index in [1.807, 2.05) is 60.7 Å². The van der Waals surface area contributed by atoms with E-state index in [2.05, 4.69) is 26.9 Å². The number of nitrogens with two attached hydrogens (primary N) is 1. The lowest BCUT2D eigenvalue weighted by atomic mass is 10.1. The largest absolute Gasteiger partial charge is 0.382 e. The van der Waals surface area contributed by atoms with Gasteiger partial charge in [0.15, 0.2) is 5.84 Å². The highest BCUT2D eigenvalue weighted by molar-refractivity contribution is 6.00. The molecule has 0 atom stereocenters. The Morgan fingerprint density at radius 1 is 1.08 bits per heavy atom. The third-order valence-corrected chi connectivity index (χ3v) is 6.26. The van der Waals surface area contributed by atoms with Crippen LogP contribution >= 0.6 is 0 Å². The number of carbonyl (C=O) groups excluding carboxylic acids is 2. The number of anilines is 1. The van der Waals surface area contributed by atoms with Gasteiger partial charge in [-0.05, 0) is 53.1 Å². The molecule has 0 spiro atoms. The summed E-state index contributed by atoms with van der Waals surface area (Å²) in [6.07, 6.45) is 6.62. The second kappa shape index (κ2) is 11.5. The van der Waals surface area contributed by atoms with Crippen LogP contribution in [0.3, 0.4) is 0 Å². The van der Waals surface area contributed by atoms with E-state index in [4.69, 9.17) is 5.73 Å². The molecule has 0 aromatic heterocycles. The summed E-state index contributed by atoms with van der Waals surface area (Å²) in [4.78, 5) is 31.7. The molecule has 2 aliphatic heterocycles. The van der Waals surface area contributed by atoms with Gasteiger partial charge in [-0.2, -0.15) is 5.11 Å². The maximum absolute atomic E-state index is 13.4. The van der Waals surface area contributed by atoms with Crippen LogP contribution in [0.1, 0.15) is 33.5 Å². The highest BCUT2D eigenvalue weighted by Gasteiger charge is 2.27. The summed E-state index contributed by atoms with van der Waals surface area (Å²) < 4.78 is 0. The molecule has 2 N–H and O–H groups in total. The molecule has 186 valence electrons. The maximum Gasteiger partial charge on any atom is 0.254 e. The topological polar surface area (TPSA) is 107 Å². The van der Waals surface area contributed by atoms with Gasteiger partial charge in [0.2, 0.25) is 5.91 Å². The zero-order valence-electron chi connectivity index (χ0n) is 20.5. The Bertz CT molecular complexity index is 1210. The van der Waals surface area contributed by atoms with Crippen molar-refractivity contribution in [2.45, 2.75) is 19.5 Å². The Morgan fingerprint density at radius 2 is 1.81 bits per heavy atom. The second-order valence-electron chi connectivity index (χ2n) is 8.76. The average molecular weight is 486 g/mol. The van der Waals surface area contributed by atoms with Crippen molar-refractivity contribution in [2.75, 3.05) is 38.1 Å². The van der Waals surface area contributed by atoms with Gasteiger partial charge < -0.3 is 15.5 Å². The van der Waals surface area contributed by atoms with Gasteiger partial charge in [0.25, 0.3) is 5.91 Å². The minimum absolute atomic E-state index is 0.00925. The zero-order chi connectivity index (χ0) is 25.5. The van der Waals surface area contributed by atoms with E-state index in [1.54, 1.807) is 9.80 Å². The van der Waals surface area contributed by atoms with Gasteiger partial charge in [-0.1, -0.05) is 30.4 Å². The summed E-state index contributed by atoms with van der Waals surface area (Å²) in [7, 11) is 1.53. The first-order valence-electron chi connectivity index (χ1n) is 11.9. The van der Waals surface area contributed by atoms with Crippen molar-refractivity contribution < 1.29 is 9.59 Å². The van der Waals surface area contributed by atoms with Gasteiger partial charge in [0, 0.05) is 43.0 Å². The number of hydrogen-bond acceptors (Lipinski definition) is 5. The molecule has 0 radical (unpaired) electrons. The van der Waals surface area contributed by atoms with Gasteiger partial charge >= 0.3 is 0 Å². The minimum atomic E-state index is 0.00925. The Morgan fingerprint density at radius 3 is 2.50 bits per heavy atom. The van der Waals surface area contributed by atoms with E-state index in [0.717, 1.165) is 35.3 Å². The molecule has 0 saturated carbocycles. The lowest BCUT2D eigenvalue weighted by Crippen LogP contribution is -2.37. The van der Waals surface area contributed by atoms with E-state index < -0.39 is 0 Å². The number of fused-ring (bicyclic) bond motifs is 1. The minimum Gasteiger partial charge on any atom is -0.382 e. The van der Waals surface area contributed by atoms with E-state index in [1.165, 1.54) is 7.05 Å². The van der Waals surface area contributed by atoms with Gasteiger partial charge in [-0.15, -0.1) is 11.7 Å². The molecule has 2 aliphatic rings. The quantitative estimate of drug-likeness (QED) is 0.203. The molecule has 2 aromatic carbocycles. The van der Waals surface area contributed by atoms with E-state index in [0.29, 0.717) is 38.3 Å². The van der Waals surface area contributed by atoms with Crippen molar-refractivity contribution in [3.63, 3.8) is 0 Å². The van der Waals surface area contributed by atoms with Gasteiger partial charge in [-0.25, -0.2) is 0 Å². The monoisotopic (exact) mass is 485 g/mol. The molecule has 0 bridgehead atoms. The molecule has 0 saturated heterocycles. The standard InChI is InChI=1S/C27H31N7O2/c1-3-4-13-32-18-23-16-22(26(28)30-31-29-2)11-12-24(23)34(25(35)19-32)17-20-7-9-21(10-8-20)27(36)33-14-5-6-15-33/h3,5-12,16H,1,4,13-15,17-19H2,2H3,(H2,28,29,30). The maximum atomic E-state index is 13.4. The molecular formula is C27H31N7O2. The number of carbonyl (C=O) groups is 2. The Hall–Kier alpha value is -4.11. The second-order valence-corrected chi connectivity index (χ2v) is 8.76. The van der Waals surface area contributed by atoms with Crippen molar-refractivity contribution in [3.05, 3.63) is 89.5 Å². The van der Waals surface area contributed by atoms with Crippen LogP contribution in [0.25, 0.3) is 0 Å². The first-order valence-corrected chi connectivity index (χ1v) is 11.9. The fourth-order valence-corrected chi connectivity index (χ4v) is 4.36. The summed E-state index contributed by atoms with van der Waals surface area (Å²) in [5.74, 6) is 0.280. The molecule has 36 heavy (non-hydrogen) atoms. The number of rotatable bonds is 8. The highest BCUT2D eigenvalue weighted by Crippen LogP contribution is 2.29. The fourth-order valence-electron chi connectivity index (χ4n) is 4.36. The molecule has 9 nitrogen and oxygen atoms in total. The van der Waals surface area contributed by atoms with Crippen molar-refractivity contribution in [1.82, 2.24) is 9.80 Å². The molecular weight excluding hydrogens is 454 g/mol. The van der Waals surface area contributed by atoms with Gasteiger partial charge in [0.05, 0.1) is 20.1 Å². The summed E-state index contributed by atoms with van der Waals surface area (Å²) in [6.45, 7) is 7.10. The Balaban J connectivity index is 1.60. The van der Waals surface area contributed by atoms with E-state index in [9.17, 15) is 9.59 Å². The number of amides is 2. The molecule has 2 aromatic rings. The van der Waals surface area contributed by atoms with Crippen LogP contribution in [0.5, 0.6) is 0 Å². The first-order chi connectivity index (χ1) is 17.5. The van der Waals surface area contributed by atoms with Crippen LogP contribution in [0.15, 0.2) is 82.7 Å². The lowest BCUT2D eigenvalue weighted by Gasteiger charge is -2.24. The van der Waals surface area contributed by atoms with Crippen molar-refractivity contribution >= 4 is 23.3 Å². The van der Waals surface area contributed by atoms with E-state index in [-0.39, 0.29) is 17.6 Å². The van der Waals surface area contributed by atoms with Crippen LogP contribution in [0.4, 0.5) is 5.69 Å². The Kier molecular flexibility index (Phi) is 8.02. The predicted octanol–water partition coefficient (Wildman–Crippen LogP) is 3.33. The molecule has 2 amide bonds. The third kappa shape index (κ3) is 5.75. The van der Waals surface area contributed by atoms with E-state index >= 15 is 0 Å². The number of amidine groups is 1. The molecule has 2 heterocycles. The van der Waals surface area contributed by atoms with Gasteiger partial charge in [0.1, 0.15) is 0 Å². The van der Waals surface area contributed by atoms with Crippen molar-refractivity contribution in [1.29, 1.82) is 0 Å². The van der Waals surface area contributed by atoms with Crippen molar-refractivity contribution in [3.8, 4) is 0 Å². The van der Waals surface area contributed by atoms with Gasteiger partial charge in [-0.3, -0.25) is 14.5 Å². The van der Waals surface area contributed by atoms with Crippen LogP contribution in [0.2, 0.25) is 0 Å². The highest BCUT2D eigenvalue weighted by atomic mass is 16.2.